The molecule has 10 nitrogen and oxygen atoms in total. The summed E-state index contributed by atoms with van der Waals surface area (Å²) in [6.45, 7) is 0. The summed E-state index contributed by atoms with van der Waals surface area (Å²) in [6, 6.07) is 3.37. The Morgan fingerprint density at radius 1 is 1.44 bits per heavy atom. The van der Waals surface area contributed by atoms with Gasteiger partial charge in [-0.25, -0.2) is 4.52 Å². The summed E-state index contributed by atoms with van der Waals surface area (Å²) in [5.74, 6) is -0.499. The number of nitrogens with one attached hydrogen (secondary N) is 4. The maximum atomic E-state index is 11.9. The highest BCUT2D eigenvalue weighted by molar-refractivity contribution is 6.04. The van der Waals surface area contributed by atoms with Crippen LogP contribution in [0.2, 0.25) is 0 Å². The number of hydrogen-bond acceptors (Lipinski definition) is 7. The number of amidine groups is 1. The average Bonchev–Trinajstić information content (AvgIpc) is 3.04. The molecule has 142 valence electrons. The first-order valence-electron chi connectivity index (χ1n) is 8.72. The summed E-state index contributed by atoms with van der Waals surface area (Å²) in [5.41, 5.74) is 9.90. The maximum absolute atomic E-state index is 11.9. The average molecular weight is 370 g/mol. The van der Waals surface area contributed by atoms with Gasteiger partial charge in [0.25, 0.3) is 0 Å². The monoisotopic (exact) mass is 370 g/mol. The Labute approximate surface area is 155 Å². The number of carbonyl (C=O) groups is 1. The number of rotatable bonds is 5. The van der Waals surface area contributed by atoms with Crippen molar-refractivity contribution in [1.29, 1.82) is 10.7 Å². The van der Waals surface area contributed by atoms with Gasteiger partial charge in [0, 0.05) is 12.1 Å². The molecular formula is C17H22N8O2. The number of fused-ring (bicyclic) bond motifs is 1. The Balaban J connectivity index is 1.94. The molecule has 0 saturated heterocycles. The smallest absolute Gasteiger partial charge is 0.234 e. The molecule has 0 unspecified atom stereocenters. The summed E-state index contributed by atoms with van der Waals surface area (Å²) in [4.78, 5) is 11.9. The van der Waals surface area contributed by atoms with Gasteiger partial charge in [0.05, 0.1) is 40.9 Å². The molecule has 0 spiro atoms. The number of nitriles is 1. The van der Waals surface area contributed by atoms with Gasteiger partial charge in [-0.15, -0.1) is 0 Å². The van der Waals surface area contributed by atoms with Crippen molar-refractivity contribution in [1.82, 2.24) is 20.4 Å². The minimum atomic E-state index is -0.298. The zero-order valence-electron chi connectivity index (χ0n) is 14.7. The lowest BCUT2D eigenvalue weighted by atomic mass is 9.89. The first kappa shape index (κ1) is 18.5. The van der Waals surface area contributed by atoms with Crippen LogP contribution in [0.1, 0.15) is 37.7 Å². The number of carbonyl (C=O) groups excluding carboxylic acids is 1. The first-order chi connectivity index (χ1) is 13.0. The van der Waals surface area contributed by atoms with Gasteiger partial charge in [0.15, 0.2) is 5.84 Å². The van der Waals surface area contributed by atoms with Crippen molar-refractivity contribution in [3.05, 3.63) is 24.0 Å². The fourth-order valence-electron chi connectivity index (χ4n) is 3.47. The fourth-order valence-corrected chi connectivity index (χ4v) is 3.47. The van der Waals surface area contributed by atoms with Crippen LogP contribution >= 0.6 is 0 Å². The lowest BCUT2D eigenvalue weighted by Gasteiger charge is -2.34. The number of anilines is 2. The van der Waals surface area contributed by atoms with Crippen LogP contribution in [0.4, 0.5) is 11.4 Å². The summed E-state index contributed by atoms with van der Waals surface area (Å²) in [5, 5.41) is 36.4. The number of aromatic nitrogens is 2. The molecule has 7 N–H and O–H groups in total. The van der Waals surface area contributed by atoms with E-state index >= 15 is 0 Å². The molecule has 1 fully saturated rings. The standard InChI is InChI=1S/C17H22N8O2/c18-6-5-15(26)22-12-3-1-2-4-13(12)23-16-11(17(20)24-27)8-21-25-9-10(19)7-14(16)25/h7-9,12-13,23,27H,1-5,19H2,(H2,20,24)(H,22,26)/t12-,13-/m1/s1. The second kappa shape index (κ2) is 7.92. The fraction of sp³-hybridized carbons (Fsp3) is 0.412. The van der Waals surface area contributed by atoms with E-state index in [9.17, 15) is 10.0 Å². The van der Waals surface area contributed by atoms with E-state index in [0.717, 1.165) is 25.7 Å². The van der Waals surface area contributed by atoms with Crippen LogP contribution in [0.3, 0.4) is 0 Å². The van der Waals surface area contributed by atoms with Gasteiger partial charge in [-0.1, -0.05) is 12.8 Å². The third kappa shape index (κ3) is 3.93. The zero-order chi connectivity index (χ0) is 19.4. The van der Waals surface area contributed by atoms with Gasteiger partial charge in [-0.2, -0.15) is 10.4 Å². The van der Waals surface area contributed by atoms with Crippen molar-refractivity contribution in [2.75, 3.05) is 11.1 Å². The Morgan fingerprint density at radius 3 is 2.89 bits per heavy atom. The number of nitrogens with two attached hydrogens (primary N) is 1. The zero-order valence-corrected chi connectivity index (χ0v) is 14.7. The van der Waals surface area contributed by atoms with Crippen molar-refractivity contribution >= 4 is 28.6 Å². The van der Waals surface area contributed by atoms with E-state index in [2.05, 4.69) is 15.7 Å². The van der Waals surface area contributed by atoms with Gasteiger partial charge in [0.1, 0.15) is 6.42 Å². The van der Waals surface area contributed by atoms with Crippen molar-refractivity contribution < 1.29 is 10.0 Å². The van der Waals surface area contributed by atoms with Gasteiger partial charge in [0.2, 0.25) is 5.91 Å². The minimum absolute atomic E-state index is 0.0889. The molecule has 27 heavy (non-hydrogen) atoms. The highest BCUT2D eigenvalue weighted by Crippen LogP contribution is 2.29. The van der Waals surface area contributed by atoms with Gasteiger partial charge >= 0.3 is 0 Å². The molecule has 0 aliphatic heterocycles. The Bertz CT molecular complexity index is 900. The summed E-state index contributed by atoms with van der Waals surface area (Å²) in [6.07, 6.45) is 6.55. The van der Waals surface area contributed by atoms with Crippen LogP contribution in [-0.4, -0.2) is 38.6 Å². The van der Waals surface area contributed by atoms with E-state index < -0.39 is 0 Å². The van der Waals surface area contributed by atoms with E-state index in [4.69, 9.17) is 16.4 Å². The predicted molar refractivity (Wildman–Crippen MR) is 99.4 cm³/mol. The van der Waals surface area contributed by atoms with Gasteiger partial charge in [-0.3, -0.25) is 20.9 Å². The van der Waals surface area contributed by atoms with Crippen molar-refractivity contribution in [3.63, 3.8) is 0 Å². The highest BCUT2D eigenvalue weighted by Gasteiger charge is 2.28. The molecule has 1 amide bonds. The van der Waals surface area contributed by atoms with Crippen molar-refractivity contribution in [3.8, 4) is 6.07 Å². The highest BCUT2D eigenvalue weighted by atomic mass is 16.5. The lowest BCUT2D eigenvalue weighted by molar-refractivity contribution is -0.121. The normalized spacial score (nSPS) is 19.3. The SMILES string of the molecule is N#CCC(=O)N[C@@H]1CCCC[C@H]1Nc1c(C(=N)NO)cnn2cc(N)cc12. The lowest BCUT2D eigenvalue weighted by Crippen LogP contribution is -2.48. The first-order valence-corrected chi connectivity index (χ1v) is 8.72. The van der Waals surface area contributed by atoms with Crippen molar-refractivity contribution in [2.45, 2.75) is 44.2 Å². The van der Waals surface area contributed by atoms with E-state index in [1.54, 1.807) is 16.8 Å². The van der Waals surface area contributed by atoms with Crippen LogP contribution in [-0.2, 0) is 4.79 Å². The molecule has 0 bridgehead atoms. The second-order valence-electron chi connectivity index (χ2n) is 6.57. The molecule has 3 rings (SSSR count). The molecule has 2 atom stereocenters. The second-order valence-corrected chi connectivity index (χ2v) is 6.57. The molecule has 2 heterocycles. The molecule has 10 heteroatoms. The summed E-state index contributed by atoms with van der Waals surface area (Å²) < 4.78 is 1.60. The van der Waals surface area contributed by atoms with Crippen LogP contribution in [0, 0.1) is 16.7 Å². The summed E-state index contributed by atoms with van der Waals surface area (Å²) in [7, 11) is 0. The Hall–Kier alpha value is -3.32. The molecule has 2 aromatic heterocycles. The van der Waals surface area contributed by atoms with Gasteiger partial charge in [-0.05, 0) is 18.9 Å². The minimum Gasteiger partial charge on any atom is -0.397 e. The Morgan fingerprint density at radius 2 is 2.19 bits per heavy atom. The van der Waals surface area contributed by atoms with E-state index in [0.29, 0.717) is 22.5 Å². The number of nitrogen functional groups attached to an aromatic ring is 1. The van der Waals surface area contributed by atoms with Crippen molar-refractivity contribution in [2.24, 2.45) is 0 Å². The van der Waals surface area contributed by atoms with Gasteiger partial charge < -0.3 is 16.4 Å². The largest absolute Gasteiger partial charge is 0.397 e. The third-order valence-electron chi connectivity index (χ3n) is 4.72. The van der Waals surface area contributed by atoms with E-state index in [1.807, 2.05) is 11.5 Å². The number of amides is 1. The molecule has 1 aliphatic carbocycles. The topological polar surface area (TPSA) is 164 Å². The van der Waals surface area contributed by atoms with E-state index in [1.165, 1.54) is 6.20 Å². The number of hydrogen-bond donors (Lipinski definition) is 6. The number of nitrogens with zero attached hydrogens (tertiary/aromatic N) is 3. The molecule has 0 aromatic carbocycles. The quantitative estimate of drug-likeness (QED) is 0.259. The van der Waals surface area contributed by atoms with Crippen LogP contribution in [0.15, 0.2) is 18.5 Å². The summed E-state index contributed by atoms with van der Waals surface area (Å²) >= 11 is 0. The molecule has 1 saturated carbocycles. The van der Waals surface area contributed by atoms with E-state index in [-0.39, 0.29) is 30.2 Å². The molecule has 2 aromatic rings. The third-order valence-corrected chi connectivity index (χ3v) is 4.72. The Kier molecular flexibility index (Phi) is 5.42. The molecule has 1 aliphatic rings. The number of hydroxylamine groups is 1. The molecule has 0 radical (unpaired) electrons. The molecular weight excluding hydrogens is 348 g/mol. The van der Waals surface area contributed by atoms with Crippen LogP contribution in [0.25, 0.3) is 5.52 Å². The predicted octanol–water partition coefficient (Wildman–Crippen LogP) is 0.974. The maximum Gasteiger partial charge on any atom is 0.234 e. The van der Waals surface area contributed by atoms with Crippen LogP contribution < -0.4 is 21.8 Å². The van der Waals surface area contributed by atoms with Crippen LogP contribution in [0.5, 0.6) is 0 Å².